The average molecular weight is 245 g/mol. The van der Waals surface area contributed by atoms with Crippen LogP contribution < -0.4 is 0 Å². The predicted octanol–water partition coefficient (Wildman–Crippen LogP) is 2.50. The highest BCUT2D eigenvalue weighted by Gasteiger charge is 2.20. The molecule has 0 spiro atoms. The standard InChI is InChI=1S/C13H11NO4/c1-3-17-13(16)12-7(2)18-11-4-8(6-14)10(15)5-9(11)12/h4-5,15H,3H2,1-2H3. The van der Waals surface area contributed by atoms with E-state index in [9.17, 15) is 9.90 Å². The third-order valence-electron chi connectivity index (χ3n) is 2.58. The molecule has 0 saturated carbocycles. The molecular formula is C13H11NO4. The number of benzene rings is 1. The summed E-state index contributed by atoms with van der Waals surface area (Å²) in [5.74, 6) is -0.285. The normalized spacial score (nSPS) is 10.3. The number of furan rings is 1. The van der Waals surface area contributed by atoms with E-state index in [0.717, 1.165) is 0 Å². The summed E-state index contributed by atoms with van der Waals surface area (Å²) in [4.78, 5) is 11.8. The number of rotatable bonds is 2. The fourth-order valence-electron chi connectivity index (χ4n) is 1.80. The van der Waals surface area contributed by atoms with E-state index in [1.807, 2.05) is 6.07 Å². The van der Waals surface area contributed by atoms with Gasteiger partial charge in [0.25, 0.3) is 0 Å². The Labute approximate surface area is 103 Å². The summed E-state index contributed by atoms with van der Waals surface area (Å²) in [5.41, 5.74) is 0.767. The van der Waals surface area contributed by atoms with Crippen molar-refractivity contribution in [1.29, 1.82) is 5.26 Å². The molecule has 0 aliphatic heterocycles. The van der Waals surface area contributed by atoms with Gasteiger partial charge in [0.2, 0.25) is 0 Å². The van der Waals surface area contributed by atoms with Crippen LogP contribution >= 0.6 is 0 Å². The zero-order chi connectivity index (χ0) is 13.3. The first-order valence-electron chi connectivity index (χ1n) is 5.41. The number of hydrogen-bond donors (Lipinski definition) is 1. The molecule has 0 atom stereocenters. The number of phenolic OH excluding ortho intramolecular Hbond substituents is 1. The minimum atomic E-state index is -0.502. The van der Waals surface area contributed by atoms with Crippen molar-refractivity contribution in [2.45, 2.75) is 13.8 Å². The molecule has 0 radical (unpaired) electrons. The van der Waals surface area contributed by atoms with Crippen molar-refractivity contribution in [3.8, 4) is 11.8 Å². The van der Waals surface area contributed by atoms with E-state index in [1.54, 1.807) is 13.8 Å². The first kappa shape index (κ1) is 12.0. The number of fused-ring (bicyclic) bond motifs is 1. The lowest BCUT2D eigenvalue weighted by Crippen LogP contribution is -2.05. The summed E-state index contributed by atoms with van der Waals surface area (Å²) < 4.78 is 10.3. The fourth-order valence-corrected chi connectivity index (χ4v) is 1.80. The molecule has 0 fully saturated rings. The number of esters is 1. The van der Waals surface area contributed by atoms with Gasteiger partial charge >= 0.3 is 5.97 Å². The Hall–Kier alpha value is -2.48. The minimum Gasteiger partial charge on any atom is -0.507 e. The fraction of sp³-hybridized carbons (Fsp3) is 0.231. The predicted molar refractivity (Wildman–Crippen MR) is 63.3 cm³/mol. The van der Waals surface area contributed by atoms with E-state index >= 15 is 0 Å². The van der Waals surface area contributed by atoms with Gasteiger partial charge in [-0.05, 0) is 19.9 Å². The number of carbonyl (C=O) groups is 1. The Bertz CT molecular complexity index is 664. The molecular weight excluding hydrogens is 234 g/mol. The first-order valence-corrected chi connectivity index (χ1v) is 5.41. The Morgan fingerprint density at radius 1 is 1.56 bits per heavy atom. The highest BCUT2D eigenvalue weighted by atomic mass is 16.5. The van der Waals surface area contributed by atoms with Gasteiger partial charge in [0.05, 0.1) is 12.2 Å². The van der Waals surface area contributed by atoms with Crippen LogP contribution in [0.1, 0.15) is 28.6 Å². The Balaban J connectivity index is 2.69. The molecule has 0 bridgehead atoms. The molecule has 0 unspecified atom stereocenters. The second-order valence-corrected chi connectivity index (χ2v) is 3.73. The molecule has 92 valence electrons. The molecule has 5 nitrogen and oxygen atoms in total. The molecule has 2 rings (SSSR count). The summed E-state index contributed by atoms with van der Waals surface area (Å²) in [5, 5.41) is 18.9. The lowest BCUT2D eigenvalue weighted by atomic mass is 10.1. The van der Waals surface area contributed by atoms with E-state index in [1.165, 1.54) is 12.1 Å². The van der Waals surface area contributed by atoms with Crippen LogP contribution in [0, 0.1) is 18.3 Å². The monoisotopic (exact) mass is 245 g/mol. The lowest BCUT2D eigenvalue weighted by Gasteiger charge is -2.00. The van der Waals surface area contributed by atoms with Crippen LogP contribution in [0.4, 0.5) is 0 Å². The summed E-state index contributed by atoms with van der Waals surface area (Å²) in [6.07, 6.45) is 0. The topological polar surface area (TPSA) is 83.5 Å². The van der Waals surface area contributed by atoms with Crippen molar-refractivity contribution < 1.29 is 19.1 Å². The number of nitrogens with zero attached hydrogens (tertiary/aromatic N) is 1. The molecule has 18 heavy (non-hydrogen) atoms. The van der Waals surface area contributed by atoms with Crippen molar-refractivity contribution in [2.75, 3.05) is 6.61 Å². The molecule has 1 aromatic carbocycles. The van der Waals surface area contributed by atoms with Gasteiger partial charge in [-0.2, -0.15) is 5.26 Å². The highest BCUT2D eigenvalue weighted by molar-refractivity contribution is 6.05. The van der Waals surface area contributed by atoms with Crippen molar-refractivity contribution >= 4 is 16.9 Å². The van der Waals surface area contributed by atoms with E-state index in [-0.39, 0.29) is 23.5 Å². The molecule has 1 aromatic heterocycles. The third-order valence-corrected chi connectivity index (χ3v) is 2.58. The quantitative estimate of drug-likeness (QED) is 0.822. The summed E-state index contributed by atoms with van der Waals surface area (Å²) >= 11 is 0. The van der Waals surface area contributed by atoms with Gasteiger partial charge in [0.15, 0.2) is 0 Å². The van der Waals surface area contributed by atoms with Gasteiger partial charge in [-0.3, -0.25) is 0 Å². The zero-order valence-corrected chi connectivity index (χ0v) is 9.98. The molecule has 5 heteroatoms. The Kier molecular flexibility index (Phi) is 2.94. The molecule has 1 N–H and O–H groups in total. The summed E-state index contributed by atoms with van der Waals surface area (Å²) in [6.45, 7) is 3.60. The van der Waals surface area contributed by atoms with Crippen LogP contribution in [0.3, 0.4) is 0 Å². The maximum absolute atomic E-state index is 11.8. The number of phenols is 1. The van der Waals surface area contributed by atoms with Crippen LogP contribution in [-0.4, -0.2) is 17.7 Å². The Morgan fingerprint density at radius 2 is 2.28 bits per heavy atom. The molecule has 2 aromatic rings. The lowest BCUT2D eigenvalue weighted by molar-refractivity contribution is 0.0526. The number of carbonyl (C=O) groups excluding carboxylic acids is 1. The molecule has 0 saturated heterocycles. The van der Waals surface area contributed by atoms with Gasteiger partial charge < -0.3 is 14.3 Å². The van der Waals surface area contributed by atoms with E-state index in [4.69, 9.17) is 14.4 Å². The van der Waals surface area contributed by atoms with Gasteiger partial charge in [0.1, 0.15) is 28.7 Å². The van der Waals surface area contributed by atoms with Crippen LogP contribution in [-0.2, 0) is 4.74 Å². The van der Waals surface area contributed by atoms with Gasteiger partial charge in [-0.1, -0.05) is 0 Å². The average Bonchev–Trinajstić information content (AvgIpc) is 2.63. The zero-order valence-electron chi connectivity index (χ0n) is 9.98. The Morgan fingerprint density at radius 3 is 2.89 bits per heavy atom. The SMILES string of the molecule is CCOC(=O)c1c(C)oc2cc(C#N)c(O)cc12. The molecule has 0 aliphatic rings. The molecule has 0 aliphatic carbocycles. The number of aromatic hydroxyl groups is 1. The maximum atomic E-state index is 11.8. The third kappa shape index (κ3) is 1.78. The number of aryl methyl sites for hydroxylation is 1. The van der Waals surface area contributed by atoms with Gasteiger partial charge in [0, 0.05) is 11.5 Å². The largest absolute Gasteiger partial charge is 0.507 e. The van der Waals surface area contributed by atoms with Crippen LogP contribution in [0.2, 0.25) is 0 Å². The number of nitriles is 1. The molecule has 0 amide bonds. The van der Waals surface area contributed by atoms with Crippen molar-refractivity contribution in [2.24, 2.45) is 0 Å². The van der Waals surface area contributed by atoms with E-state index in [0.29, 0.717) is 16.7 Å². The van der Waals surface area contributed by atoms with Crippen LogP contribution in [0.25, 0.3) is 11.0 Å². The van der Waals surface area contributed by atoms with Crippen LogP contribution in [0.5, 0.6) is 5.75 Å². The summed E-state index contributed by atoms with van der Waals surface area (Å²) in [6, 6.07) is 4.59. The van der Waals surface area contributed by atoms with Crippen molar-refractivity contribution in [1.82, 2.24) is 0 Å². The van der Waals surface area contributed by atoms with E-state index < -0.39 is 5.97 Å². The smallest absolute Gasteiger partial charge is 0.342 e. The second-order valence-electron chi connectivity index (χ2n) is 3.73. The minimum absolute atomic E-state index is 0.103. The molecule has 1 heterocycles. The van der Waals surface area contributed by atoms with Crippen molar-refractivity contribution in [3.05, 3.63) is 29.0 Å². The number of hydrogen-bond acceptors (Lipinski definition) is 5. The van der Waals surface area contributed by atoms with Gasteiger partial charge in [-0.25, -0.2) is 4.79 Å². The second kappa shape index (κ2) is 4.41. The summed E-state index contributed by atoms with van der Waals surface area (Å²) in [7, 11) is 0. The van der Waals surface area contributed by atoms with Gasteiger partial charge in [-0.15, -0.1) is 0 Å². The van der Waals surface area contributed by atoms with Crippen LogP contribution in [0.15, 0.2) is 16.5 Å². The first-order chi connectivity index (χ1) is 8.58. The van der Waals surface area contributed by atoms with Crippen molar-refractivity contribution in [3.63, 3.8) is 0 Å². The maximum Gasteiger partial charge on any atom is 0.342 e. The van der Waals surface area contributed by atoms with E-state index in [2.05, 4.69) is 0 Å². The number of ether oxygens (including phenoxy) is 1. The highest BCUT2D eigenvalue weighted by Crippen LogP contribution is 2.31.